The second-order valence-corrected chi connectivity index (χ2v) is 3.34. The number of hydrogen-bond donors (Lipinski definition) is 3. The molecule has 0 aromatic rings. The van der Waals surface area contributed by atoms with Gasteiger partial charge in [-0.05, 0) is 0 Å². The number of carbonyl (C=O) groups excluding carboxylic acids is 1. The van der Waals surface area contributed by atoms with Crippen molar-refractivity contribution in [3.8, 4) is 0 Å². The molecule has 0 saturated heterocycles. The van der Waals surface area contributed by atoms with E-state index in [4.69, 9.17) is 8.19 Å². The summed E-state index contributed by atoms with van der Waals surface area (Å²) in [4.78, 5) is 9.54. The van der Waals surface area contributed by atoms with Gasteiger partial charge in [0.2, 0.25) is 0 Å². The Balaban J connectivity index is 3.74. The molecule has 48 valence electrons. The van der Waals surface area contributed by atoms with Crippen molar-refractivity contribution < 1.29 is 20.5 Å². The molecule has 0 aliphatic carbocycles. The predicted octanol–water partition coefficient (Wildman–Crippen LogP) is -2.07. The number of nitrogens with two attached hydrogens (primary N) is 1. The number of amides is 1. The first-order valence-corrected chi connectivity index (χ1v) is 4.67. The van der Waals surface area contributed by atoms with Crippen LogP contribution in [-0.4, -0.2) is 28.8 Å². The minimum absolute atomic E-state index is 1.46. The average molecular weight is 185 g/mol. The maximum absolute atomic E-state index is 9.67. The van der Waals surface area contributed by atoms with Gasteiger partial charge in [0.25, 0.3) is 0 Å². The molecule has 0 unspecified atom stereocenters. The molecule has 7 heteroatoms. The van der Waals surface area contributed by atoms with Crippen LogP contribution in [0.5, 0.6) is 0 Å². The van der Waals surface area contributed by atoms with Crippen LogP contribution in [0.15, 0.2) is 0 Å². The Morgan fingerprint density at radius 3 is 2.00 bits per heavy atom. The van der Waals surface area contributed by atoms with Gasteiger partial charge in [0.05, 0.1) is 0 Å². The Morgan fingerprint density at radius 2 is 2.00 bits per heavy atom. The molecular weight excluding hydrogens is 181 g/mol. The summed E-state index contributed by atoms with van der Waals surface area (Å²) in [5.41, 5.74) is 4.24. The number of hydrogen-bond acceptors (Lipinski definition) is 3. The Hall–Kier alpha value is -0.452. The molecular formula is CH4AsNO5. The van der Waals surface area contributed by atoms with E-state index in [-0.39, 0.29) is 0 Å². The average Bonchev–Trinajstić information content (AvgIpc) is 1.21. The van der Waals surface area contributed by atoms with Crippen LogP contribution in [0.3, 0.4) is 0 Å². The zero-order valence-corrected chi connectivity index (χ0v) is 5.52. The third kappa shape index (κ3) is 5.55. The van der Waals surface area contributed by atoms with Crippen molar-refractivity contribution in [3.63, 3.8) is 0 Å². The van der Waals surface area contributed by atoms with Crippen LogP contribution >= 0.6 is 0 Å². The predicted molar refractivity (Wildman–Crippen MR) is 21.5 cm³/mol. The van der Waals surface area contributed by atoms with Gasteiger partial charge in [-0.3, -0.25) is 0 Å². The summed E-state index contributed by atoms with van der Waals surface area (Å²) in [7, 11) is 0. The third-order valence-corrected chi connectivity index (χ3v) is 1.09. The number of rotatable bonds is 1. The van der Waals surface area contributed by atoms with Crippen molar-refractivity contribution >= 4 is 20.6 Å². The van der Waals surface area contributed by atoms with E-state index in [1.54, 1.807) is 0 Å². The van der Waals surface area contributed by atoms with Crippen molar-refractivity contribution in [3.05, 3.63) is 0 Å². The molecule has 0 rings (SSSR count). The molecule has 0 saturated carbocycles. The van der Waals surface area contributed by atoms with Gasteiger partial charge in [0.15, 0.2) is 0 Å². The van der Waals surface area contributed by atoms with Gasteiger partial charge in [-0.25, -0.2) is 0 Å². The number of carbonyl (C=O) groups is 1. The molecule has 0 fully saturated rings. The van der Waals surface area contributed by atoms with Crippen LogP contribution in [0, 0.1) is 0 Å². The molecule has 0 atom stereocenters. The van der Waals surface area contributed by atoms with E-state index in [2.05, 4.69) is 9.46 Å². The summed E-state index contributed by atoms with van der Waals surface area (Å²) in [5, 5.41) is 0. The van der Waals surface area contributed by atoms with E-state index in [0.717, 1.165) is 0 Å². The normalized spacial score (nSPS) is 10.8. The van der Waals surface area contributed by atoms with E-state index < -0.39 is 20.6 Å². The molecule has 0 bridgehead atoms. The Morgan fingerprint density at radius 1 is 1.62 bits per heavy atom. The molecule has 0 radical (unpaired) electrons. The first-order valence-electron chi connectivity index (χ1n) is 1.46. The number of primary amides is 1. The fourth-order valence-corrected chi connectivity index (χ4v) is 0.609. The van der Waals surface area contributed by atoms with Crippen molar-refractivity contribution in [1.29, 1.82) is 0 Å². The van der Waals surface area contributed by atoms with Gasteiger partial charge in [-0.1, -0.05) is 0 Å². The zero-order valence-electron chi connectivity index (χ0n) is 3.64. The van der Waals surface area contributed by atoms with Gasteiger partial charge >= 0.3 is 46.8 Å². The van der Waals surface area contributed by atoms with E-state index in [0.29, 0.717) is 0 Å². The van der Waals surface area contributed by atoms with Gasteiger partial charge in [0, 0.05) is 0 Å². The molecule has 0 aromatic heterocycles. The fraction of sp³-hybridized carbons (Fsp3) is 0. The van der Waals surface area contributed by atoms with Crippen LogP contribution in [0.2, 0.25) is 0 Å². The van der Waals surface area contributed by atoms with Crippen molar-refractivity contribution in [2.75, 3.05) is 0 Å². The third-order valence-electron chi connectivity index (χ3n) is 0.209. The Bertz CT molecular complexity index is 135. The van der Waals surface area contributed by atoms with Gasteiger partial charge in [0.1, 0.15) is 0 Å². The quantitative estimate of drug-likeness (QED) is 0.406. The summed E-state index contributed by atoms with van der Waals surface area (Å²) < 4.78 is 28.7. The SMILES string of the molecule is NC(=O)O[As](=O)(O)O. The Kier molecular flexibility index (Phi) is 2.09. The minimum atomic E-state index is -5.24. The van der Waals surface area contributed by atoms with E-state index in [1.807, 2.05) is 0 Å². The first-order chi connectivity index (χ1) is 3.42. The van der Waals surface area contributed by atoms with Crippen LogP contribution in [0.1, 0.15) is 0 Å². The van der Waals surface area contributed by atoms with Crippen molar-refractivity contribution in [2.24, 2.45) is 5.73 Å². The van der Waals surface area contributed by atoms with Crippen molar-refractivity contribution in [1.82, 2.24) is 0 Å². The fourth-order valence-electron chi connectivity index (χ4n) is 0.117. The first kappa shape index (κ1) is 7.55. The molecule has 0 aliphatic heterocycles. The second-order valence-electron chi connectivity index (χ2n) is 0.901. The summed E-state index contributed by atoms with van der Waals surface area (Å²) in [6.45, 7) is 0. The van der Waals surface area contributed by atoms with Crippen LogP contribution in [0.25, 0.3) is 0 Å². The topological polar surface area (TPSA) is 110 Å². The maximum atomic E-state index is 9.67. The van der Waals surface area contributed by atoms with Gasteiger partial charge in [-0.2, -0.15) is 0 Å². The van der Waals surface area contributed by atoms with E-state index in [1.165, 1.54) is 0 Å². The molecule has 0 spiro atoms. The molecule has 0 heterocycles. The van der Waals surface area contributed by atoms with Crippen molar-refractivity contribution in [2.45, 2.75) is 0 Å². The van der Waals surface area contributed by atoms with Crippen LogP contribution < -0.4 is 5.73 Å². The van der Waals surface area contributed by atoms with E-state index >= 15 is 0 Å². The Labute approximate surface area is 47.6 Å². The molecule has 0 aliphatic rings. The van der Waals surface area contributed by atoms with E-state index in [9.17, 15) is 8.53 Å². The van der Waals surface area contributed by atoms with Gasteiger partial charge in [-0.15, -0.1) is 0 Å². The summed E-state index contributed by atoms with van der Waals surface area (Å²) in [6, 6.07) is 0. The van der Waals surface area contributed by atoms with Gasteiger partial charge < -0.3 is 0 Å². The summed E-state index contributed by atoms with van der Waals surface area (Å²) in [5.74, 6) is 0. The monoisotopic (exact) mass is 185 g/mol. The summed E-state index contributed by atoms with van der Waals surface area (Å²) >= 11 is -5.24. The molecule has 4 N–H and O–H groups in total. The standard InChI is InChI=1S/CH4AsNO5/c3-1(4)8-2(5,6)7/h(H2,3,4)(H2,5,6,7). The molecule has 6 nitrogen and oxygen atoms in total. The zero-order chi connectivity index (χ0) is 6.78. The summed E-state index contributed by atoms with van der Waals surface area (Å²) in [6.07, 6.45) is -1.46. The molecule has 0 aromatic carbocycles. The van der Waals surface area contributed by atoms with Crippen LogP contribution in [-0.2, 0) is 7.47 Å². The van der Waals surface area contributed by atoms with Crippen LogP contribution in [0.4, 0.5) is 4.79 Å². The molecule has 1 amide bonds. The second kappa shape index (κ2) is 2.21. The molecule has 8 heavy (non-hydrogen) atoms.